The van der Waals surface area contributed by atoms with Crippen LogP contribution in [0, 0.1) is 0 Å². The molecule has 2 rings (SSSR count). The van der Waals surface area contributed by atoms with Gasteiger partial charge in [-0.1, -0.05) is 6.07 Å². The first kappa shape index (κ1) is 16.8. The van der Waals surface area contributed by atoms with Crippen LogP contribution in [0.1, 0.15) is 39.2 Å². The van der Waals surface area contributed by atoms with Crippen molar-refractivity contribution in [1.82, 2.24) is 5.32 Å². The predicted molar refractivity (Wildman–Crippen MR) is 93.0 cm³/mol. The molecule has 21 heavy (non-hydrogen) atoms. The van der Waals surface area contributed by atoms with E-state index in [-0.39, 0.29) is 5.54 Å². The maximum absolute atomic E-state index is 5.44. The van der Waals surface area contributed by atoms with Gasteiger partial charge < -0.3 is 15.0 Å². The zero-order chi connectivity index (χ0) is 15.5. The van der Waals surface area contributed by atoms with Crippen LogP contribution in [0.2, 0.25) is 0 Å². The first-order valence-electron chi connectivity index (χ1n) is 7.70. The number of hydrogen-bond donors (Lipinski definition) is 1. The second kappa shape index (κ2) is 7.12. The van der Waals surface area contributed by atoms with Gasteiger partial charge in [0.15, 0.2) is 0 Å². The molecule has 0 saturated carbocycles. The van der Waals surface area contributed by atoms with Crippen LogP contribution in [0.25, 0.3) is 0 Å². The highest BCUT2D eigenvalue weighted by Crippen LogP contribution is 2.30. The Morgan fingerprint density at radius 3 is 2.48 bits per heavy atom. The summed E-state index contributed by atoms with van der Waals surface area (Å²) in [6.45, 7) is 9.60. The molecule has 0 aliphatic carbocycles. The summed E-state index contributed by atoms with van der Waals surface area (Å²) in [6, 6.07) is 6.69. The lowest BCUT2D eigenvalue weighted by Gasteiger charge is -2.33. The quantitative estimate of drug-likeness (QED) is 0.885. The van der Waals surface area contributed by atoms with Crippen molar-refractivity contribution in [2.75, 3.05) is 25.1 Å². The molecule has 1 fully saturated rings. The predicted octanol–water partition coefficient (Wildman–Crippen LogP) is 3.95. The van der Waals surface area contributed by atoms with E-state index in [1.165, 1.54) is 15.7 Å². The van der Waals surface area contributed by atoms with Gasteiger partial charge in [-0.3, -0.25) is 0 Å². The fourth-order valence-corrected chi connectivity index (χ4v) is 3.29. The zero-order valence-electron chi connectivity index (χ0n) is 13.6. The van der Waals surface area contributed by atoms with Crippen LogP contribution < -0.4 is 10.2 Å². The van der Waals surface area contributed by atoms with E-state index < -0.39 is 0 Å². The van der Waals surface area contributed by atoms with E-state index in [0.29, 0.717) is 6.10 Å². The first-order valence-corrected chi connectivity index (χ1v) is 8.49. The molecule has 1 aromatic rings. The Morgan fingerprint density at radius 2 is 1.95 bits per heavy atom. The van der Waals surface area contributed by atoms with Crippen molar-refractivity contribution in [2.45, 2.75) is 51.8 Å². The Balaban J connectivity index is 1.99. The summed E-state index contributed by atoms with van der Waals surface area (Å²) in [7, 11) is 1.81. The Bertz CT molecular complexity index is 462. The molecular formula is C17H27BrN2O. The molecule has 118 valence electrons. The van der Waals surface area contributed by atoms with Crippen LogP contribution in [0.5, 0.6) is 0 Å². The minimum absolute atomic E-state index is 0.146. The van der Waals surface area contributed by atoms with E-state index >= 15 is 0 Å². The van der Waals surface area contributed by atoms with Crippen molar-refractivity contribution in [1.29, 1.82) is 0 Å². The normalized spacial score (nSPS) is 17.3. The van der Waals surface area contributed by atoms with Gasteiger partial charge in [0.2, 0.25) is 0 Å². The highest BCUT2D eigenvalue weighted by Gasteiger charge is 2.20. The third-order valence-electron chi connectivity index (χ3n) is 3.95. The minimum Gasteiger partial charge on any atom is -0.381 e. The van der Waals surface area contributed by atoms with E-state index in [9.17, 15) is 0 Å². The van der Waals surface area contributed by atoms with Gasteiger partial charge in [-0.15, -0.1) is 0 Å². The van der Waals surface area contributed by atoms with E-state index in [2.05, 4.69) is 65.1 Å². The van der Waals surface area contributed by atoms with Crippen LogP contribution in [0.15, 0.2) is 22.7 Å². The number of benzene rings is 1. The van der Waals surface area contributed by atoms with Gasteiger partial charge in [0.1, 0.15) is 0 Å². The Hall–Kier alpha value is -0.580. The molecule has 3 nitrogen and oxygen atoms in total. The lowest BCUT2D eigenvalue weighted by Crippen LogP contribution is -2.37. The summed E-state index contributed by atoms with van der Waals surface area (Å²) in [4.78, 5) is 2.45. The van der Waals surface area contributed by atoms with E-state index in [1.807, 2.05) is 7.11 Å². The lowest BCUT2D eigenvalue weighted by molar-refractivity contribution is 0.0819. The standard InChI is InChI=1S/C17H27BrN2O/c1-17(2,3)19-12-13-5-6-16(15(18)11-13)20-9-7-14(21-4)8-10-20/h5-6,11,14,19H,7-10,12H2,1-4H3. The number of nitrogens with zero attached hydrogens (tertiary/aromatic N) is 1. The molecule has 1 saturated heterocycles. The van der Waals surface area contributed by atoms with Gasteiger partial charge >= 0.3 is 0 Å². The summed E-state index contributed by atoms with van der Waals surface area (Å²) in [5.74, 6) is 0. The molecule has 0 aromatic heterocycles. The number of rotatable bonds is 4. The third-order valence-corrected chi connectivity index (χ3v) is 4.59. The van der Waals surface area contributed by atoms with Crippen LogP contribution in [0.4, 0.5) is 5.69 Å². The number of nitrogens with one attached hydrogen (secondary N) is 1. The summed E-state index contributed by atoms with van der Waals surface area (Å²) in [6.07, 6.45) is 2.64. The number of methoxy groups -OCH3 is 1. The van der Waals surface area contributed by atoms with E-state index in [1.54, 1.807) is 0 Å². The molecule has 1 aliphatic heterocycles. The number of halogens is 1. The fraction of sp³-hybridized carbons (Fsp3) is 0.647. The lowest BCUT2D eigenvalue weighted by atomic mass is 10.1. The second-order valence-electron chi connectivity index (χ2n) is 6.81. The average molecular weight is 355 g/mol. The number of piperidine rings is 1. The molecule has 0 unspecified atom stereocenters. The molecule has 1 N–H and O–H groups in total. The van der Waals surface area contributed by atoms with Gasteiger partial charge in [0.25, 0.3) is 0 Å². The van der Waals surface area contributed by atoms with Crippen LogP contribution in [-0.2, 0) is 11.3 Å². The van der Waals surface area contributed by atoms with Gasteiger partial charge in [-0.05, 0) is 67.2 Å². The van der Waals surface area contributed by atoms with Crippen LogP contribution >= 0.6 is 15.9 Å². The average Bonchev–Trinajstić information content (AvgIpc) is 2.45. The molecule has 0 spiro atoms. The Labute approximate surface area is 137 Å². The van der Waals surface area contributed by atoms with Gasteiger partial charge in [0, 0.05) is 36.8 Å². The molecule has 1 aromatic carbocycles. The van der Waals surface area contributed by atoms with Crippen molar-refractivity contribution in [3.8, 4) is 0 Å². The first-order chi connectivity index (χ1) is 9.89. The molecule has 0 atom stereocenters. The number of hydrogen-bond acceptors (Lipinski definition) is 3. The van der Waals surface area contributed by atoms with Crippen molar-refractivity contribution < 1.29 is 4.74 Å². The maximum Gasteiger partial charge on any atom is 0.0605 e. The number of anilines is 1. The third kappa shape index (κ3) is 4.97. The van der Waals surface area contributed by atoms with Crippen molar-refractivity contribution >= 4 is 21.6 Å². The molecule has 0 radical (unpaired) electrons. The molecule has 0 amide bonds. The Morgan fingerprint density at radius 1 is 1.29 bits per heavy atom. The van der Waals surface area contributed by atoms with Crippen molar-refractivity contribution in [2.24, 2.45) is 0 Å². The van der Waals surface area contributed by atoms with E-state index in [4.69, 9.17) is 4.74 Å². The topological polar surface area (TPSA) is 24.5 Å². The van der Waals surface area contributed by atoms with Crippen molar-refractivity contribution in [3.05, 3.63) is 28.2 Å². The molecular weight excluding hydrogens is 328 g/mol. The monoisotopic (exact) mass is 354 g/mol. The maximum atomic E-state index is 5.44. The second-order valence-corrected chi connectivity index (χ2v) is 7.67. The summed E-state index contributed by atoms with van der Waals surface area (Å²) in [5.41, 5.74) is 2.75. The zero-order valence-corrected chi connectivity index (χ0v) is 15.2. The summed E-state index contributed by atoms with van der Waals surface area (Å²) >= 11 is 3.73. The largest absolute Gasteiger partial charge is 0.381 e. The number of ether oxygens (including phenoxy) is 1. The van der Waals surface area contributed by atoms with Gasteiger partial charge in [-0.25, -0.2) is 0 Å². The van der Waals surface area contributed by atoms with Gasteiger partial charge in [-0.2, -0.15) is 0 Å². The SMILES string of the molecule is COC1CCN(c2ccc(CNC(C)(C)C)cc2Br)CC1. The van der Waals surface area contributed by atoms with Crippen LogP contribution in [0.3, 0.4) is 0 Å². The highest BCUT2D eigenvalue weighted by molar-refractivity contribution is 9.10. The highest BCUT2D eigenvalue weighted by atomic mass is 79.9. The molecule has 4 heteroatoms. The van der Waals surface area contributed by atoms with E-state index in [0.717, 1.165) is 32.5 Å². The summed E-state index contributed by atoms with van der Waals surface area (Å²) < 4.78 is 6.63. The van der Waals surface area contributed by atoms with Gasteiger partial charge in [0.05, 0.1) is 11.8 Å². The smallest absolute Gasteiger partial charge is 0.0605 e. The fourth-order valence-electron chi connectivity index (χ4n) is 2.62. The molecule has 1 heterocycles. The summed E-state index contributed by atoms with van der Waals surface area (Å²) in [5, 5.41) is 3.53. The van der Waals surface area contributed by atoms with Crippen LogP contribution in [-0.4, -0.2) is 31.8 Å². The minimum atomic E-state index is 0.146. The molecule has 1 aliphatic rings. The molecule has 0 bridgehead atoms. The van der Waals surface area contributed by atoms with Crippen molar-refractivity contribution in [3.63, 3.8) is 0 Å². The Kier molecular flexibility index (Phi) is 5.69.